The molecule has 0 aliphatic carbocycles. The highest BCUT2D eigenvalue weighted by atomic mass is 19.2. The standard InChI is InChI=1S/C23H25F3O3/c1-5-13(3)19(24)22-14(4)9-16-10-18(20(25)21(26)23(16)29-22)28-12-15-7-8-17(6-2)27-11-15/h6,10,15,17H,2-5,7-9,11-12H2,1H3/b22-19-. The van der Waals surface area contributed by atoms with Crippen LogP contribution in [-0.2, 0) is 11.2 Å². The van der Waals surface area contributed by atoms with Crippen LogP contribution >= 0.6 is 0 Å². The Bertz CT molecular complexity index is 865. The van der Waals surface area contributed by atoms with Crippen molar-refractivity contribution < 1.29 is 27.4 Å². The molecule has 29 heavy (non-hydrogen) atoms. The van der Waals surface area contributed by atoms with Gasteiger partial charge in [0.05, 0.1) is 19.3 Å². The molecule has 0 amide bonds. The number of rotatable bonds is 6. The van der Waals surface area contributed by atoms with E-state index >= 15 is 0 Å². The molecule has 0 bridgehead atoms. The summed E-state index contributed by atoms with van der Waals surface area (Å²) in [4.78, 5) is 0. The molecule has 2 aliphatic heterocycles. The molecule has 0 N–H and O–H groups in total. The van der Waals surface area contributed by atoms with E-state index in [9.17, 15) is 13.2 Å². The van der Waals surface area contributed by atoms with Gasteiger partial charge in [-0.25, -0.2) is 4.39 Å². The van der Waals surface area contributed by atoms with Crippen LogP contribution in [0.2, 0.25) is 0 Å². The second kappa shape index (κ2) is 8.91. The van der Waals surface area contributed by atoms with E-state index in [-0.39, 0.29) is 47.9 Å². The molecule has 0 aromatic heterocycles. The number of hydrogen-bond donors (Lipinski definition) is 0. The third-order valence-electron chi connectivity index (χ3n) is 5.21. The summed E-state index contributed by atoms with van der Waals surface area (Å²) in [7, 11) is 0. The maximum absolute atomic E-state index is 14.6. The predicted molar refractivity (Wildman–Crippen MR) is 106 cm³/mol. The minimum Gasteiger partial charge on any atom is -0.490 e. The minimum absolute atomic E-state index is 0.0266. The summed E-state index contributed by atoms with van der Waals surface area (Å²) in [5, 5.41) is 0. The summed E-state index contributed by atoms with van der Waals surface area (Å²) in [6, 6.07) is 1.39. The lowest BCUT2D eigenvalue weighted by molar-refractivity contribution is -0.00333. The monoisotopic (exact) mass is 406 g/mol. The van der Waals surface area contributed by atoms with E-state index in [1.54, 1.807) is 13.0 Å². The van der Waals surface area contributed by atoms with Gasteiger partial charge in [-0.1, -0.05) is 26.2 Å². The number of ether oxygens (including phenoxy) is 3. The lowest BCUT2D eigenvalue weighted by atomic mass is 9.98. The van der Waals surface area contributed by atoms with Crippen LogP contribution in [0.5, 0.6) is 11.5 Å². The van der Waals surface area contributed by atoms with Gasteiger partial charge in [-0.2, -0.15) is 8.78 Å². The Hall–Kier alpha value is -2.47. The Kier molecular flexibility index (Phi) is 6.52. The van der Waals surface area contributed by atoms with Crippen LogP contribution in [0.1, 0.15) is 31.7 Å². The Balaban J connectivity index is 1.78. The molecule has 2 unspecified atom stereocenters. The molecule has 1 fully saturated rings. The quantitative estimate of drug-likeness (QED) is 0.545. The highest BCUT2D eigenvalue weighted by Crippen LogP contribution is 2.41. The molecule has 0 saturated carbocycles. The number of halogens is 3. The summed E-state index contributed by atoms with van der Waals surface area (Å²) < 4.78 is 60.1. The Morgan fingerprint density at radius 1 is 1.31 bits per heavy atom. The van der Waals surface area contributed by atoms with E-state index in [1.165, 1.54) is 6.07 Å². The van der Waals surface area contributed by atoms with Crippen LogP contribution in [0.25, 0.3) is 0 Å². The molecular formula is C23H25F3O3. The zero-order valence-corrected chi connectivity index (χ0v) is 16.5. The minimum atomic E-state index is -1.20. The zero-order chi connectivity index (χ0) is 21.1. The zero-order valence-electron chi connectivity index (χ0n) is 16.5. The fourth-order valence-electron chi connectivity index (χ4n) is 3.33. The fourth-order valence-corrected chi connectivity index (χ4v) is 3.33. The van der Waals surface area contributed by atoms with Crippen LogP contribution in [0.3, 0.4) is 0 Å². The molecule has 156 valence electrons. The lowest BCUT2D eigenvalue weighted by Crippen LogP contribution is -2.28. The molecule has 0 spiro atoms. The van der Waals surface area contributed by atoms with Crippen molar-refractivity contribution in [3.05, 3.63) is 71.8 Å². The molecule has 6 heteroatoms. The van der Waals surface area contributed by atoms with Gasteiger partial charge in [0, 0.05) is 17.9 Å². The first-order valence-electron chi connectivity index (χ1n) is 9.67. The van der Waals surface area contributed by atoms with Gasteiger partial charge in [-0.05, 0) is 36.5 Å². The first-order valence-corrected chi connectivity index (χ1v) is 9.67. The summed E-state index contributed by atoms with van der Waals surface area (Å²) in [5.41, 5.74) is 0.894. The maximum atomic E-state index is 14.6. The molecule has 0 radical (unpaired) electrons. The second-order valence-corrected chi connectivity index (χ2v) is 7.34. The second-order valence-electron chi connectivity index (χ2n) is 7.34. The fraction of sp³-hybridized carbons (Fsp3) is 0.391. The smallest absolute Gasteiger partial charge is 0.205 e. The highest BCUT2D eigenvalue weighted by Gasteiger charge is 2.30. The summed E-state index contributed by atoms with van der Waals surface area (Å²) in [6.07, 6.45) is 3.93. The molecule has 2 aliphatic rings. The van der Waals surface area contributed by atoms with E-state index in [2.05, 4.69) is 19.7 Å². The van der Waals surface area contributed by atoms with Gasteiger partial charge in [-0.15, -0.1) is 6.58 Å². The number of benzene rings is 1. The first kappa shape index (κ1) is 21.2. The van der Waals surface area contributed by atoms with Crippen molar-refractivity contribution in [3.63, 3.8) is 0 Å². The van der Waals surface area contributed by atoms with Gasteiger partial charge < -0.3 is 14.2 Å². The number of hydrogen-bond acceptors (Lipinski definition) is 3. The molecule has 2 heterocycles. The van der Waals surface area contributed by atoms with Crippen molar-refractivity contribution in [2.75, 3.05) is 13.2 Å². The van der Waals surface area contributed by atoms with Crippen molar-refractivity contribution in [3.8, 4) is 11.5 Å². The summed E-state index contributed by atoms with van der Waals surface area (Å²) in [6.45, 7) is 13.5. The van der Waals surface area contributed by atoms with Gasteiger partial charge >= 0.3 is 0 Å². The van der Waals surface area contributed by atoms with Crippen molar-refractivity contribution in [2.24, 2.45) is 5.92 Å². The van der Waals surface area contributed by atoms with Gasteiger partial charge in [0.25, 0.3) is 0 Å². The van der Waals surface area contributed by atoms with Crippen LogP contribution < -0.4 is 9.47 Å². The molecule has 1 saturated heterocycles. The number of allylic oxidation sites excluding steroid dienone is 3. The molecule has 3 nitrogen and oxygen atoms in total. The SMILES string of the molecule is C=CC1CCC(COc2cc3c(c(F)c2F)O/C(=C(\F)C(=C)CC)C(=C)C3)CO1. The predicted octanol–water partition coefficient (Wildman–Crippen LogP) is 5.96. The molecule has 3 rings (SSSR count). The molecule has 1 aromatic rings. The van der Waals surface area contributed by atoms with Crippen LogP contribution in [0.4, 0.5) is 13.2 Å². The third kappa shape index (κ3) is 4.42. The average molecular weight is 406 g/mol. The van der Waals surface area contributed by atoms with Crippen molar-refractivity contribution >= 4 is 0 Å². The van der Waals surface area contributed by atoms with E-state index < -0.39 is 17.5 Å². The van der Waals surface area contributed by atoms with Crippen molar-refractivity contribution in [1.29, 1.82) is 0 Å². The van der Waals surface area contributed by atoms with Crippen LogP contribution in [0, 0.1) is 17.6 Å². The van der Waals surface area contributed by atoms with Gasteiger partial charge in [0.2, 0.25) is 11.6 Å². The maximum Gasteiger partial charge on any atom is 0.205 e. The largest absolute Gasteiger partial charge is 0.490 e. The van der Waals surface area contributed by atoms with Crippen LogP contribution in [-0.4, -0.2) is 19.3 Å². The molecule has 1 aromatic carbocycles. The number of fused-ring (bicyclic) bond motifs is 1. The van der Waals surface area contributed by atoms with E-state index in [0.717, 1.165) is 12.8 Å². The molecule has 2 atom stereocenters. The van der Waals surface area contributed by atoms with Gasteiger partial charge in [0.1, 0.15) is 0 Å². The third-order valence-corrected chi connectivity index (χ3v) is 5.21. The van der Waals surface area contributed by atoms with Crippen molar-refractivity contribution in [1.82, 2.24) is 0 Å². The first-order chi connectivity index (χ1) is 13.8. The van der Waals surface area contributed by atoms with Gasteiger partial charge in [-0.3, -0.25) is 0 Å². The van der Waals surface area contributed by atoms with E-state index in [4.69, 9.17) is 14.2 Å². The Labute approximate surface area is 169 Å². The van der Waals surface area contributed by atoms with Crippen molar-refractivity contribution in [2.45, 2.75) is 38.7 Å². The lowest BCUT2D eigenvalue weighted by Gasteiger charge is -2.28. The van der Waals surface area contributed by atoms with E-state index in [1.807, 2.05) is 0 Å². The molecular weight excluding hydrogens is 381 g/mol. The summed E-state index contributed by atoms with van der Waals surface area (Å²) >= 11 is 0. The van der Waals surface area contributed by atoms with Crippen LogP contribution in [0.15, 0.2) is 54.6 Å². The topological polar surface area (TPSA) is 27.7 Å². The average Bonchev–Trinajstić information content (AvgIpc) is 2.74. The Morgan fingerprint density at radius 2 is 2.07 bits per heavy atom. The van der Waals surface area contributed by atoms with Gasteiger partial charge in [0.15, 0.2) is 23.1 Å². The Morgan fingerprint density at radius 3 is 2.69 bits per heavy atom. The van der Waals surface area contributed by atoms with E-state index in [0.29, 0.717) is 24.2 Å². The highest BCUT2D eigenvalue weighted by molar-refractivity contribution is 5.52. The summed E-state index contributed by atoms with van der Waals surface area (Å²) in [5.74, 6) is -3.72. The normalized spacial score (nSPS) is 23.1.